The Hall–Kier alpha value is -0.893. The molecular formula is C38H75NiSi2. The Balaban J connectivity index is -0.0000000753. The van der Waals surface area contributed by atoms with E-state index in [4.69, 9.17) is 0 Å². The second-order valence-electron chi connectivity index (χ2n) is 10.9. The molecule has 0 heterocycles. The van der Waals surface area contributed by atoms with E-state index >= 15 is 0 Å². The third-order valence-electron chi connectivity index (χ3n) is 5.17. The van der Waals surface area contributed by atoms with Crippen molar-refractivity contribution in [1.29, 1.82) is 0 Å². The van der Waals surface area contributed by atoms with Crippen LogP contribution in [0.3, 0.4) is 0 Å². The standard InChI is InChI=1S/C14H28Si.C7H14.C6H11Si.C5H8.2C3H7.Ni/c1-7-10-13(3)11-9-12-14(8-2)15(4,5)6;1-4-6-7(3)5-2;1-5-6(2)7(3)4;1-4-5(2)3;2*1-3-2;/h10,12H,7-9,11H2,1-6H3;6H,4-5H2,1-3H3;5H,1-2H2,3-4H3;4H,1-2H2,3H3;2*1,3H2,2H3;/q;;;;2*-1;+2/b13-10-,14-12+;7-6-;;;;;. The van der Waals surface area contributed by atoms with Crippen molar-refractivity contribution < 1.29 is 16.5 Å². The maximum absolute atomic E-state index is 3.80. The fourth-order valence-electron chi connectivity index (χ4n) is 2.60. The summed E-state index contributed by atoms with van der Waals surface area (Å²) < 4.78 is 0. The van der Waals surface area contributed by atoms with Crippen LogP contribution in [0, 0.1) is 13.8 Å². The molecule has 0 aromatic rings. The summed E-state index contributed by atoms with van der Waals surface area (Å²) in [5.41, 5.74) is 4.06. The first-order valence-corrected chi connectivity index (χ1v) is 21.5. The van der Waals surface area contributed by atoms with Crippen LogP contribution in [0.5, 0.6) is 0 Å². The molecule has 0 bridgehead atoms. The molecule has 0 rings (SSSR count). The first kappa shape index (κ1) is 56.0. The van der Waals surface area contributed by atoms with Crippen molar-refractivity contribution in [2.75, 3.05) is 0 Å². The van der Waals surface area contributed by atoms with Gasteiger partial charge in [0.25, 0.3) is 0 Å². The summed E-state index contributed by atoms with van der Waals surface area (Å²) in [7, 11) is -1.31. The van der Waals surface area contributed by atoms with Crippen molar-refractivity contribution in [1.82, 2.24) is 0 Å². The minimum atomic E-state index is -1.04. The Kier molecular flexibility index (Phi) is 59.5. The molecule has 0 aliphatic heterocycles. The van der Waals surface area contributed by atoms with Gasteiger partial charge in [-0.25, -0.2) is 0 Å². The number of rotatable bonds is 11. The average molecular weight is 647 g/mol. The molecule has 0 saturated carbocycles. The topological polar surface area (TPSA) is 0 Å². The van der Waals surface area contributed by atoms with Crippen LogP contribution in [0.4, 0.5) is 0 Å². The second-order valence-corrected chi connectivity index (χ2v) is 18.7. The molecular weight excluding hydrogens is 571 g/mol. The van der Waals surface area contributed by atoms with Gasteiger partial charge in [-0.1, -0.05) is 152 Å². The summed E-state index contributed by atoms with van der Waals surface area (Å²) in [5.74, 6) is 0. The Bertz CT molecular complexity index is 669. The summed E-state index contributed by atoms with van der Waals surface area (Å²) in [6, 6.07) is 0. The van der Waals surface area contributed by atoms with E-state index < -0.39 is 8.07 Å². The molecule has 0 amide bonds. The van der Waals surface area contributed by atoms with Crippen molar-refractivity contribution >= 4 is 16.9 Å². The molecule has 0 saturated heterocycles. The van der Waals surface area contributed by atoms with Gasteiger partial charge in [0.05, 0.1) is 16.9 Å². The largest absolute Gasteiger partial charge is 2.00 e. The molecule has 0 atom stereocenters. The van der Waals surface area contributed by atoms with Crippen LogP contribution < -0.4 is 0 Å². The van der Waals surface area contributed by atoms with Gasteiger partial charge < -0.3 is 13.8 Å². The third-order valence-corrected chi connectivity index (χ3v) is 9.15. The van der Waals surface area contributed by atoms with E-state index in [9.17, 15) is 0 Å². The smallest absolute Gasteiger partial charge is 0.344 e. The maximum Gasteiger partial charge on any atom is 2.00 e. The molecule has 0 aromatic heterocycles. The average Bonchev–Trinajstić information content (AvgIpc) is 2.87. The molecule has 1 radical (unpaired) electrons. The maximum atomic E-state index is 3.80. The Morgan fingerprint density at radius 3 is 1.24 bits per heavy atom. The van der Waals surface area contributed by atoms with E-state index in [0.717, 1.165) is 18.4 Å². The van der Waals surface area contributed by atoms with Crippen LogP contribution in [0.1, 0.15) is 114 Å². The van der Waals surface area contributed by atoms with Crippen molar-refractivity contribution in [3.8, 4) is 0 Å². The second kappa shape index (κ2) is 43.6. The van der Waals surface area contributed by atoms with Gasteiger partial charge in [-0.05, 0) is 59.3 Å². The monoisotopic (exact) mass is 645 g/mol. The summed E-state index contributed by atoms with van der Waals surface area (Å²) in [6.07, 6.45) is 19.9. The van der Waals surface area contributed by atoms with Gasteiger partial charge in [0.2, 0.25) is 0 Å². The SMILES string of the molecule is C=CC(=C)C.C=CC(=C)[Si](C)C.CC/C=C(/C)CC.CC/C=C(/C)CC/C=C(\CC)[Si](C)(C)C.[CH2-]CC.[CH2-]CC.[Ni+2]. The van der Waals surface area contributed by atoms with Gasteiger partial charge >= 0.3 is 16.5 Å². The molecule has 0 nitrogen and oxygen atoms in total. The van der Waals surface area contributed by atoms with Crippen molar-refractivity contribution in [2.24, 2.45) is 0 Å². The molecule has 0 aliphatic carbocycles. The number of hydrogen-bond acceptors (Lipinski definition) is 0. The van der Waals surface area contributed by atoms with Crippen LogP contribution in [0.2, 0.25) is 32.7 Å². The quantitative estimate of drug-likeness (QED) is 0.0907. The predicted octanol–water partition coefficient (Wildman–Crippen LogP) is 14.3. The zero-order valence-electron chi connectivity index (χ0n) is 30.6. The summed E-state index contributed by atoms with van der Waals surface area (Å²) >= 11 is 0. The minimum absolute atomic E-state index is 0. The molecule has 0 aromatic carbocycles. The van der Waals surface area contributed by atoms with E-state index in [1.807, 2.05) is 26.8 Å². The van der Waals surface area contributed by atoms with Crippen molar-refractivity contribution in [3.05, 3.63) is 97.7 Å². The Morgan fingerprint density at radius 1 is 0.707 bits per heavy atom. The Morgan fingerprint density at radius 2 is 1.07 bits per heavy atom. The molecule has 3 heteroatoms. The van der Waals surface area contributed by atoms with E-state index in [0.29, 0.717) is 0 Å². The van der Waals surface area contributed by atoms with Crippen LogP contribution >= 0.6 is 0 Å². The Labute approximate surface area is 276 Å². The van der Waals surface area contributed by atoms with E-state index in [2.05, 4.69) is 133 Å². The first-order chi connectivity index (χ1) is 18.5. The van der Waals surface area contributed by atoms with Crippen LogP contribution in [0.15, 0.2) is 83.8 Å². The molecule has 41 heavy (non-hydrogen) atoms. The number of allylic oxidation sites excluding steroid dienone is 10. The third kappa shape index (κ3) is 63.6. The fraction of sp³-hybridized carbons (Fsp3) is 0.579. The van der Waals surface area contributed by atoms with E-state index in [1.54, 1.807) is 16.8 Å². The van der Waals surface area contributed by atoms with Crippen LogP contribution in [-0.2, 0) is 16.5 Å². The van der Waals surface area contributed by atoms with Crippen molar-refractivity contribution in [3.63, 3.8) is 0 Å². The molecule has 245 valence electrons. The number of hydrogen-bond donors (Lipinski definition) is 0. The van der Waals surface area contributed by atoms with Gasteiger partial charge in [0.1, 0.15) is 0 Å². The summed E-state index contributed by atoms with van der Waals surface area (Å²) in [6.45, 7) is 52.3. The van der Waals surface area contributed by atoms with Gasteiger partial charge in [0, 0.05) is 0 Å². The fourth-order valence-corrected chi connectivity index (χ4v) is 4.83. The van der Waals surface area contributed by atoms with Gasteiger partial charge in [0.15, 0.2) is 0 Å². The summed E-state index contributed by atoms with van der Waals surface area (Å²) in [5, 5.41) is 2.94. The minimum Gasteiger partial charge on any atom is -0.344 e. The first-order valence-electron chi connectivity index (χ1n) is 15.5. The van der Waals surface area contributed by atoms with Gasteiger partial charge in [-0.2, -0.15) is 12.8 Å². The van der Waals surface area contributed by atoms with Crippen LogP contribution in [0.25, 0.3) is 0 Å². The molecule has 0 aliphatic rings. The van der Waals surface area contributed by atoms with Gasteiger partial charge in [-0.3, -0.25) is 0 Å². The van der Waals surface area contributed by atoms with Crippen molar-refractivity contribution in [2.45, 2.75) is 146 Å². The van der Waals surface area contributed by atoms with Gasteiger partial charge in [-0.15, -0.1) is 6.58 Å². The predicted molar refractivity (Wildman–Crippen MR) is 202 cm³/mol. The van der Waals surface area contributed by atoms with E-state index in [-0.39, 0.29) is 25.3 Å². The molecule has 0 fully saturated rings. The molecule has 0 N–H and O–H groups in total. The molecule has 0 spiro atoms. The zero-order valence-corrected chi connectivity index (χ0v) is 33.6. The van der Waals surface area contributed by atoms with E-state index in [1.165, 1.54) is 49.3 Å². The van der Waals surface area contributed by atoms with Crippen LogP contribution in [-0.4, -0.2) is 16.9 Å². The normalized spacial score (nSPS) is 10.6. The summed E-state index contributed by atoms with van der Waals surface area (Å²) in [4.78, 5) is 0. The zero-order chi connectivity index (χ0) is 33.2. The molecule has 0 unspecified atom stereocenters.